The van der Waals surface area contributed by atoms with Gasteiger partial charge >= 0.3 is 12.0 Å². The van der Waals surface area contributed by atoms with Gasteiger partial charge in [-0.15, -0.1) is 0 Å². The van der Waals surface area contributed by atoms with E-state index in [2.05, 4.69) is 5.32 Å². The Balaban J connectivity index is 2.46. The number of nitrogens with zero attached hydrogens (tertiary/aromatic N) is 1. The SMILES string of the molecule is CCN(CC1CCCO1)C(=O)NC(CCCOC)C(=O)O. The van der Waals surface area contributed by atoms with Crippen LogP contribution in [0.4, 0.5) is 4.79 Å². The lowest BCUT2D eigenvalue weighted by Gasteiger charge is -2.26. The molecule has 1 saturated heterocycles. The van der Waals surface area contributed by atoms with E-state index in [1.54, 1.807) is 12.0 Å². The van der Waals surface area contributed by atoms with Crippen LogP contribution < -0.4 is 5.32 Å². The van der Waals surface area contributed by atoms with Gasteiger partial charge < -0.3 is 24.8 Å². The molecule has 0 aromatic carbocycles. The maximum atomic E-state index is 12.2. The topological polar surface area (TPSA) is 88.1 Å². The van der Waals surface area contributed by atoms with Crippen molar-refractivity contribution in [1.82, 2.24) is 10.2 Å². The van der Waals surface area contributed by atoms with Gasteiger partial charge in [-0.25, -0.2) is 9.59 Å². The molecule has 21 heavy (non-hydrogen) atoms. The molecule has 1 fully saturated rings. The van der Waals surface area contributed by atoms with Crippen molar-refractivity contribution < 1.29 is 24.2 Å². The summed E-state index contributed by atoms with van der Waals surface area (Å²) in [4.78, 5) is 25.0. The molecule has 7 heteroatoms. The van der Waals surface area contributed by atoms with Crippen LogP contribution in [-0.2, 0) is 14.3 Å². The molecule has 0 bridgehead atoms. The molecule has 1 aliphatic rings. The van der Waals surface area contributed by atoms with Gasteiger partial charge in [0.15, 0.2) is 0 Å². The predicted octanol–water partition coefficient (Wildman–Crippen LogP) is 1.08. The minimum absolute atomic E-state index is 0.0625. The van der Waals surface area contributed by atoms with E-state index in [0.29, 0.717) is 32.5 Å². The highest BCUT2D eigenvalue weighted by Gasteiger charge is 2.25. The van der Waals surface area contributed by atoms with Crippen LogP contribution in [0, 0.1) is 0 Å². The van der Waals surface area contributed by atoms with Gasteiger partial charge in [0.2, 0.25) is 0 Å². The summed E-state index contributed by atoms with van der Waals surface area (Å²) < 4.78 is 10.4. The van der Waals surface area contributed by atoms with Crippen molar-refractivity contribution in [3.05, 3.63) is 0 Å². The number of carboxylic acids is 1. The molecular weight excluding hydrogens is 276 g/mol. The zero-order valence-electron chi connectivity index (χ0n) is 12.8. The Labute approximate surface area is 125 Å². The van der Waals surface area contributed by atoms with Crippen molar-refractivity contribution >= 4 is 12.0 Å². The van der Waals surface area contributed by atoms with E-state index in [4.69, 9.17) is 14.6 Å². The fraction of sp³-hybridized carbons (Fsp3) is 0.857. The zero-order valence-corrected chi connectivity index (χ0v) is 12.8. The fourth-order valence-electron chi connectivity index (χ4n) is 2.32. The van der Waals surface area contributed by atoms with Crippen molar-refractivity contribution in [3.63, 3.8) is 0 Å². The van der Waals surface area contributed by atoms with E-state index in [-0.39, 0.29) is 12.1 Å². The molecule has 0 saturated carbocycles. The summed E-state index contributed by atoms with van der Waals surface area (Å²) in [5, 5.41) is 11.7. The lowest BCUT2D eigenvalue weighted by molar-refractivity contribution is -0.139. The number of urea groups is 1. The first-order valence-electron chi connectivity index (χ1n) is 7.47. The largest absolute Gasteiger partial charge is 0.480 e. The van der Waals surface area contributed by atoms with Crippen molar-refractivity contribution in [3.8, 4) is 0 Å². The Morgan fingerprint density at radius 1 is 1.52 bits per heavy atom. The van der Waals surface area contributed by atoms with Crippen LogP contribution in [0.25, 0.3) is 0 Å². The van der Waals surface area contributed by atoms with E-state index in [0.717, 1.165) is 19.4 Å². The van der Waals surface area contributed by atoms with E-state index in [1.165, 1.54) is 0 Å². The zero-order chi connectivity index (χ0) is 15.7. The molecular formula is C14H26N2O5. The molecule has 0 aliphatic carbocycles. The Hall–Kier alpha value is -1.34. The molecule has 0 aromatic rings. The second-order valence-electron chi connectivity index (χ2n) is 5.15. The van der Waals surface area contributed by atoms with Gasteiger partial charge in [-0.2, -0.15) is 0 Å². The molecule has 122 valence electrons. The first kappa shape index (κ1) is 17.7. The van der Waals surface area contributed by atoms with Gasteiger partial charge in [-0.05, 0) is 32.6 Å². The van der Waals surface area contributed by atoms with Crippen LogP contribution in [0.1, 0.15) is 32.6 Å². The first-order valence-corrected chi connectivity index (χ1v) is 7.47. The van der Waals surface area contributed by atoms with Crippen molar-refractivity contribution in [2.75, 3.05) is 33.4 Å². The summed E-state index contributed by atoms with van der Waals surface area (Å²) in [7, 11) is 1.56. The molecule has 2 N–H and O–H groups in total. The van der Waals surface area contributed by atoms with Crippen LogP contribution in [0.3, 0.4) is 0 Å². The van der Waals surface area contributed by atoms with Crippen LogP contribution in [0.5, 0.6) is 0 Å². The minimum atomic E-state index is -1.02. The highest BCUT2D eigenvalue weighted by atomic mass is 16.5. The highest BCUT2D eigenvalue weighted by molar-refractivity contribution is 5.82. The van der Waals surface area contributed by atoms with Crippen LogP contribution >= 0.6 is 0 Å². The third-order valence-electron chi connectivity index (χ3n) is 3.55. The van der Waals surface area contributed by atoms with Crippen molar-refractivity contribution in [2.24, 2.45) is 0 Å². The number of ether oxygens (including phenoxy) is 2. The molecule has 1 heterocycles. The molecule has 0 aromatic heterocycles. The summed E-state index contributed by atoms with van der Waals surface area (Å²) in [5.41, 5.74) is 0. The maximum Gasteiger partial charge on any atom is 0.326 e. The molecule has 1 rings (SSSR count). The smallest absolute Gasteiger partial charge is 0.326 e. The second-order valence-corrected chi connectivity index (χ2v) is 5.15. The van der Waals surface area contributed by atoms with E-state index in [9.17, 15) is 9.59 Å². The summed E-state index contributed by atoms with van der Waals surface area (Å²) in [5.74, 6) is -1.02. The van der Waals surface area contributed by atoms with Gasteiger partial charge in [-0.3, -0.25) is 0 Å². The van der Waals surface area contributed by atoms with Gasteiger partial charge in [0.25, 0.3) is 0 Å². The summed E-state index contributed by atoms with van der Waals surface area (Å²) in [6.07, 6.45) is 2.96. The molecule has 0 spiro atoms. The van der Waals surface area contributed by atoms with E-state index in [1.807, 2.05) is 6.92 Å². The normalized spacial score (nSPS) is 19.2. The average molecular weight is 302 g/mol. The number of carboxylic acid groups (broad SMARTS) is 1. The number of likely N-dealkylation sites (N-methyl/N-ethyl adjacent to an activating group) is 1. The van der Waals surface area contributed by atoms with Gasteiger partial charge in [0.05, 0.1) is 6.10 Å². The summed E-state index contributed by atoms with van der Waals surface area (Å²) in [6, 6.07) is -1.23. The average Bonchev–Trinajstić information content (AvgIpc) is 2.96. The highest BCUT2D eigenvalue weighted by Crippen LogP contribution is 2.13. The summed E-state index contributed by atoms with van der Waals surface area (Å²) in [6.45, 7) is 4.11. The van der Waals surface area contributed by atoms with Gasteiger partial charge in [0, 0.05) is 33.4 Å². The molecule has 1 aliphatic heterocycles. The number of amides is 2. The third kappa shape index (κ3) is 6.31. The van der Waals surface area contributed by atoms with Crippen molar-refractivity contribution in [1.29, 1.82) is 0 Å². The number of carbonyl (C=O) groups is 2. The molecule has 7 nitrogen and oxygen atoms in total. The predicted molar refractivity (Wildman–Crippen MR) is 77.3 cm³/mol. The molecule has 2 amide bonds. The number of hydrogen-bond acceptors (Lipinski definition) is 4. The molecule has 2 atom stereocenters. The first-order chi connectivity index (χ1) is 10.1. The number of hydrogen-bond donors (Lipinski definition) is 2. The lowest BCUT2D eigenvalue weighted by Crippen LogP contribution is -2.49. The number of rotatable bonds is 9. The Bertz CT molecular complexity index is 331. The lowest BCUT2D eigenvalue weighted by atomic mass is 10.1. The van der Waals surface area contributed by atoms with E-state index >= 15 is 0 Å². The third-order valence-corrected chi connectivity index (χ3v) is 3.55. The number of methoxy groups -OCH3 is 1. The standard InChI is InChI=1S/C14H26N2O5/c1-3-16(10-11-6-4-9-21-11)14(19)15-12(13(17)18)7-5-8-20-2/h11-12H,3-10H2,1-2H3,(H,15,19)(H,17,18). The molecule has 0 radical (unpaired) electrons. The minimum Gasteiger partial charge on any atom is -0.480 e. The summed E-state index contributed by atoms with van der Waals surface area (Å²) >= 11 is 0. The Morgan fingerprint density at radius 2 is 2.29 bits per heavy atom. The van der Waals surface area contributed by atoms with Gasteiger partial charge in [-0.1, -0.05) is 0 Å². The quantitative estimate of drug-likeness (QED) is 0.622. The number of aliphatic carboxylic acids is 1. The Morgan fingerprint density at radius 3 is 2.81 bits per heavy atom. The van der Waals surface area contributed by atoms with Crippen LogP contribution in [-0.4, -0.2) is 67.6 Å². The molecule has 2 unspecified atom stereocenters. The maximum absolute atomic E-state index is 12.2. The second kappa shape index (κ2) is 9.57. The van der Waals surface area contributed by atoms with Gasteiger partial charge in [0.1, 0.15) is 6.04 Å². The number of carbonyl (C=O) groups excluding carboxylic acids is 1. The monoisotopic (exact) mass is 302 g/mol. The van der Waals surface area contributed by atoms with Crippen molar-refractivity contribution in [2.45, 2.75) is 44.8 Å². The Kier molecular flexibility index (Phi) is 8.07. The fourth-order valence-corrected chi connectivity index (χ4v) is 2.32. The van der Waals surface area contributed by atoms with Crippen LogP contribution in [0.15, 0.2) is 0 Å². The number of nitrogens with one attached hydrogen (secondary N) is 1. The van der Waals surface area contributed by atoms with E-state index < -0.39 is 12.0 Å². The van der Waals surface area contributed by atoms with Crippen LogP contribution in [0.2, 0.25) is 0 Å².